The van der Waals surface area contributed by atoms with Crippen LogP contribution >= 0.6 is 0 Å². The van der Waals surface area contributed by atoms with Crippen LogP contribution in [0.2, 0.25) is 0 Å². The minimum absolute atomic E-state index is 0.0548. The van der Waals surface area contributed by atoms with Crippen molar-refractivity contribution in [2.45, 2.75) is 38.6 Å². The van der Waals surface area contributed by atoms with Crippen molar-refractivity contribution < 1.29 is 14.7 Å². The number of carbonyl (C=O) groups excluding carboxylic acids is 1. The van der Waals surface area contributed by atoms with Crippen molar-refractivity contribution in [2.24, 2.45) is 5.41 Å². The molecule has 1 heterocycles. The molecular formula is C14H19N3O5. The third kappa shape index (κ3) is 3.63. The van der Waals surface area contributed by atoms with Crippen molar-refractivity contribution in [3.05, 3.63) is 33.1 Å². The topological polar surface area (TPSA) is 121 Å². The first-order valence-electron chi connectivity index (χ1n) is 7.23. The largest absolute Gasteiger partial charge is 0.481 e. The highest BCUT2D eigenvalue weighted by Gasteiger charge is 2.39. The monoisotopic (exact) mass is 309 g/mol. The Labute approximate surface area is 126 Å². The first kappa shape index (κ1) is 16.0. The molecule has 2 rings (SSSR count). The fraction of sp³-hybridized carbons (Fsp3) is 0.571. The van der Waals surface area contributed by atoms with Gasteiger partial charge in [0.25, 0.3) is 5.56 Å². The van der Waals surface area contributed by atoms with Gasteiger partial charge in [0, 0.05) is 18.8 Å². The SMILES string of the molecule is O=C(Cn1ccc(=O)[nH]c1=O)NCC1(C(=O)O)CCCCC1. The van der Waals surface area contributed by atoms with E-state index in [4.69, 9.17) is 0 Å². The molecule has 1 aliphatic carbocycles. The first-order valence-corrected chi connectivity index (χ1v) is 7.23. The number of H-pyrrole nitrogens is 1. The van der Waals surface area contributed by atoms with E-state index in [2.05, 4.69) is 10.3 Å². The highest BCUT2D eigenvalue weighted by Crippen LogP contribution is 2.35. The Morgan fingerprint density at radius 2 is 1.95 bits per heavy atom. The molecule has 1 amide bonds. The van der Waals surface area contributed by atoms with Crippen LogP contribution in [-0.4, -0.2) is 33.1 Å². The summed E-state index contributed by atoms with van der Waals surface area (Å²) < 4.78 is 1.06. The van der Waals surface area contributed by atoms with E-state index in [0.717, 1.165) is 29.9 Å². The lowest BCUT2D eigenvalue weighted by Crippen LogP contribution is -2.45. The number of nitrogens with one attached hydrogen (secondary N) is 2. The van der Waals surface area contributed by atoms with Crippen LogP contribution < -0.4 is 16.6 Å². The van der Waals surface area contributed by atoms with Crippen LogP contribution in [0.4, 0.5) is 0 Å². The Hall–Kier alpha value is -2.38. The summed E-state index contributed by atoms with van der Waals surface area (Å²) in [6, 6.07) is 1.15. The second kappa shape index (κ2) is 6.59. The lowest BCUT2D eigenvalue weighted by molar-refractivity contribution is -0.151. The van der Waals surface area contributed by atoms with Gasteiger partial charge in [-0.15, -0.1) is 0 Å². The average molecular weight is 309 g/mol. The summed E-state index contributed by atoms with van der Waals surface area (Å²) in [5.74, 6) is -1.35. The number of aromatic nitrogens is 2. The van der Waals surface area contributed by atoms with Crippen LogP contribution in [0.25, 0.3) is 0 Å². The van der Waals surface area contributed by atoms with Crippen LogP contribution in [0.3, 0.4) is 0 Å². The molecule has 1 aromatic heterocycles. The predicted octanol–water partition coefficient (Wildman–Crippen LogP) is -0.312. The Balaban J connectivity index is 1.98. The second-order valence-corrected chi connectivity index (χ2v) is 5.66. The van der Waals surface area contributed by atoms with E-state index < -0.39 is 28.5 Å². The number of carboxylic acids is 1. The number of hydrogen-bond acceptors (Lipinski definition) is 4. The quantitative estimate of drug-likeness (QED) is 0.688. The third-order valence-corrected chi connectivity index (χ3v) is 4.10. The van der Waals surface area contributed by atoms with Crippen molar-refractivity contribution in [3.8, 4) is 0 Å². The molecule has 120 valence electrons. The zero-order valence-corrected chi connectivity index (χ0v) is 12.1. The summed E-state index contributed by atoms with van der Waals surface area (Å²) >= 11 is 0. The van der Waals surface area contributed by atoms with Crippen molar-refractivity contribution in [3.63, 3.8) is 0 Å². The lowest BCUT2D eigenvalue weighted by Gasteiger charge is -2.33. The number of nitrogens with zero attached hydrogens (tertiary/aromatic N) is 1. The minimum Gasteiger partial charge on any atom is -0.481 e. The Morgan fingerprint density at radius 3 is 2.55 bits per heavy atom. The highest BCUT2D eigenvalue weighted by atomic mass is 16.4. The van der Waals surface area contributed by atoms with Crippen molar-refractivity contribution in [1.82, 2.24) is 14.9 Å². The van der Waals surface area contributed by atoms with Gasteiger partial charge in [-0.25, -0.2) is 4.79 Å². The van der Waals surface area contributed by atoms with Gasteiger partial charge in [-0.2, -0.15) is 0 Å². The zero-order valence-electron chi connectivity index (χ0n) is 12.1. The molecule has 22 heavy (non-hydrogen) atoms. The average Bonchev–Trinajstić information content (AvgIpc) is 2.49. The molecule has 8 nitrogen and oxygen atoms in total. The summed E-state index contributed by atoms with van der Waals surface area (Å²) in [5.41, 5.74) is -2.12. The van der Waals surface area contributed by atoms with Gasteiger partial charge in [-0.1, -0.05) is 19.3 Å². The van der Waals surface area contributed by atoms with Crippen LogP contribution in [-0.2, 0) is 16.1 Å². The number of carbonyl (C=O) groups is 2. The standard InChI is InChI=1S/C14H19N3O5/c18-10-4-7-17(13(22)16-10)8-11(19)15-9-14(12(20)21)5-2-1-3-6-14/h4,7H,1-3,5-6,8-9H2,(H,15,19)(H,20,21)(H,16,18,22). The van der Waals surface area contributed by atoms with Gasteiger partial charge in [0.05, 0.1) is 5.41 Å². The Kier molecular flexibility index (Phi) is 4.79. The molecule has 3 N–H and O–H groups in total. The molecule has 1 aliphatic rings. The van der Waals surface area contributed by atoms with E-state index in [-0.39, 0.29) is 13.1 Å². The molecule has 0 saturated heterocycles. The summed E-state index contributed by atoms with van der Waals surface area (Å²) in [7, 11) is 0. The second-order valence-electron chi connectivity index (χ2n) is 5.66. The van der Waals surface area contributed by atoms with Gasteiger partial charge in [-0.05, 0) is 12.8 Å². The van der Waals surface area contributed by atoms with E-state index in [9.17, 15) is 24.3 Å². The van der Waals surface area contributed by atoms with Gasteiger partial charge in [0.2, 0.25) is 5.91 Å². The molecule has 0 unspecified atom stereocenters. The molecule has 1 aromatic rings. The molecule has 0 spiro atoms. The van der Waals surface area contributed by atoms with Gasteiger partial charge in [-0.3, -0.25) is 23.9 Å². The molecule has 0 aromatic carbocycles. The summed E-state index contributed by atoms with van der Waals surface area (Å²) in [4.78, 5) is 47.9. The van der Waals surface area contributed by atoms with Crippen molar-refractivity contribution in [2.75, 3.05) is 6.54 Å². The van der Waals surface area contributed by atoms with Crippen molar-refractivity contribution >= 4 is 11.9 Å². The number of carboxylic acid groups (broad SMARTS) is 1. The molecule has 1 fully saturated rings. The normalized spacial score (nSPS) is 16.9. The van der Waals surface area contributed by atoms with E-state index >= 15 is 0 Å². The number of amides is 1. The molecular weight excluding hydrogens is 290 g/mol. The number of rotatable bonds is 5. The molecule has 1 saturated carbocycles. The van der Waals surface area contributed by atoms with E-state index in [1.807, 2.05) is 0 Å². The van der Waals surface area contributed by atoms with Crippen LogP contribution in [0.5, 0.6) is 0 Å². The van der Waals surface area contributed by atoms with Gasteiger partial charge in [0.15, 0.2) is 0 Å². The fourth-order valence-corrected chi connectivity index (χ4v) is 2.74. The van der Waals surface area contributed by atoms with Gasteiger partial charge < -0.3 is 10.4 Å². The maximum absolute atomic E-state index is 11.9. The fourth-order valence-electron chi connectivity index (χ4n) is 2.74. The van der Waals surface area contributed by atoms with E-state index in [1.54, 1.807) is 0 Å². The van der Waals surface area contributed by atoms with Crippen molar-refractivity contribution in [1.29, 1.82) is 0 Å². The molecule has 0 radical (unpaired) electrons. The maximum atomic E-state index is 11.9. The lowest BCUT2D eigenvalue weighted by atomic mass is 9.74. The van der Waals surface area contributed by atoms with Crippen LogP contribution in [0.15, 0.2) is 21.9 Å². The number of aliphatic carboxylic acids is 1. The molecule has 8 heteroatoms. The summed E-state index contributed by atoms with van der Waals surface area (Å²) in [6.07, 6.45) is 5.00. The third-order valence-electron chi connectivity index (χ3n) is 4.10. The Bertz CT molecular complexity index is 670. The molecule has 0 bridgehead atoms. The van der Waals surface area contributed by atoms with Gasteiger partial charge >= 0.3 is 11.7 Å². The van der Waals surface area contributed by atoms with E-state index in [1.165, 1.54) is 6.20 Å². The summed E-state index contributed by atoms with van der Waals surface area (Å²) in [6.45, 7) is -0.204. The first-order chi connectivity index (χ1) is 10.4. The minimum atomic E-state index is -0.913. The smallest absolute Gasteiger partial charge is 0.328 e. The Morgan fingerprint density at radius 1 is 1.27 bits per heavy atom. The molecule has 0 atom stereocenters. The van der Waals surface area contributed by atoms with Crippen LogP contribution in [0, 0.1) is 5.41 Å². The van der Waals surface area contributed by atoms with Gasteiger partial charge in [0.1, 0.15) is 6.54 Å². The zero-order chi connectivity index (χ0) is 16.2. The number of hydrogen-bond donors (Lipinski definition) is 3. The highest BCUT2D eigenvalue weighted by molar-refractivity contribution is 5.79. The molecule has 0 aliphatic heterocycles. The van der Waals surface area contributed by atoms with Crippen LogP contribution in [0.1, 0.15) is 32.1 Å². The summed E-state index contributed by atoms with van der Waals surface area (Å²) in [5, 5.41) is 12.0. The predicted molar refractivity (Wildman–Crippen MR) is 77.5 cm³/mol. The maximum Gasteiger partial charge on any atom is 0.328 e. The van der Waals surface area contributed by atoms with E-state index in [0.29, 0.717) is 12.8 Å². The number of aromatic amines is 1.